The standard InChI is InChI=1S/C24H22BrNO5S/c1-29-21-7-3-8-22-23(21)19-10-9-16(15-32(26,27)28)13-20(19)24(31-22)17-5-2-6-18(14-17)30-12-4-11-25/h2-11,13-14,24H,12,15H2,1H3,(H2,26,27,28). The first-order chi connectivity index (χ1) is 15.4. The number of sulfonamides is 1. The van der Waals surface area contributed by atoms with Crippen LogP contribution in [0.3, 0.4) is 0 Å². The Labute approximate surface area is 195 Å². The van der Waals surface area contributed by atoms with Crippen molar-refractivity contribution < 1.29 is 22.6 Å². The molecule has 0 saturated carbocycles. The smallest absolute Gasteiger partial charge is 0.213 e. The summed E-state index contributed by atoms with van der Waals surface area (Å²) >= 11 is 3.23. The minimum Gasteiger partial charge on any atom is -0.496 e. The first kappa shape index (κ1) is 22.4. The second-order valence-corrected chi connectivity index (χ2v) is 9.45. The molecule has 0 aliphatic carbocycles. The van der Waals surface area contributed by atoms with Gasteiger partial charge in [-0.05, 0) is 46.5 Å². The van der Waals surface area contributed by atoms with Crippen LogP contribution >= 0.6 is 15.9 Å². The lowest BCUT2D eigenvalue weighted by Gasteiger charge is -2.30. The van der Waals surface area contributed by atoms with Gasteiger partial charge in [0.2, 0.25) is 10.0 Å². The summed E-state index contributed by atoms with van der Waals surface area (Å²) in [6, 6.07) is 18.8. The number of hydrogen-bond donors (Lipinski definition) is 1. The molecule has 1 atom stereocenters. The highest BCUT2D eigenvalue weighted by Crippen LogP contribution is 2.49. The number of ether oxygens (including phenoxy) is 3. The van der Waals surface area contributed by atoms with Crippen LogP contribution in [0.2, 0.25) is 0 Å². The fraction of sp³-hybridized carbons (Fsp3) is 0.167. The minimum absolute atomic E-state index is 0.256. The van der Waals surface area contributed by atoms with E-state index in [9.17, 15) is 8.42 Å². The molecule has 1 heterocycles. The molecule has 8 heteroatoms. The number of fused-ring (bicyclic) bond motifs is 3. The molecule has 0 saturated heterocycles. The van der Waals surface area contributed by atoms with Gasteiger partial charge < -0.3 is 14.2 Å². The number of benzene rings is 3. The van der Waals surface area contributed by atoms with Crippen molar-refractivity contribution in [1.82, 2.24) is 0 Å². The van der Waals surface area contributed by atoms with Crippen LogP contribution in [-0.2, 0) is 15.8 Å². The van der Waals surface area contributed by atoms with E-state index in [1.165, 1.54) is 0 Å². The average Bonchev–Trinajstić information content (AvgIpc) is 2.77. The molecule has 0 radical (unpaired) electrons. The third-order valence-corrected chi connectivity index (χ3v) is 6.19. The van der Waals surface area contributed by atoms with Crippen LogP contribution in [0.15, 0.2) is 71.7 Å². The molecular formula is C24H22BrNO5S. The van der Waals surface area contributed by atoms with Gasteiger partial charge in [0.05, 0.1) is 18.4 Å². The summed E-state index contributed by atoms with van der Waals surface area (Å²) in [5.41, 5.74) is 4.06. The van der Waals surface area contributed by atoms with E-state index in [0.717, 1.165) is 22.3 Å². The van der Waals surface area contributed by atoms with Gasteiger partial charge in [0.15, 0.2) is 0 Å². The van der Waals surface area contributed by atoms with Gasteiger partial charge in [-0.25, -0.2) is 13.6 Å². The highest BCUT2D eigenvalue weighted by Gasteiger charge is 2.30. The van der Waals surface area contributed by atoms with Gasteiger partial charge in [-0.15, -0.1) is 0 Å². The number of hydrogen-bond acceptors (Lipinski definition) is 5. The predicted octanol–water partition coefficient (Wildman–Crippen LogP) is 4.92. The van der Waals surface area contributed by atoms with Crippen LogP contribution in [-0.4, -0.2) is 22.1 Å². The van der Waals surface area contributed by atoms with Crippen molar-refractivity contribution in [2.45, 2.75) is 11.9 Å². The normalized spacial score (nSPS) is 15.0. The van der Waals surface area contributed by atoms with Gasteiger partial charge >= 0.3 is 0 Å². The SMILES string of the molecule is COc1cccc2c1-c1ccc(CS(N)(=O)=O)cc1C(c1cccc(OCC=CBr)c1)O2. The van der Waals surface area contributed by atoms with Crippen molar-refractivity contribution in [1.29, 1.82) is 0 Å². The van der Waals surface area contributed by atoms with E-state index in [-0.39, 0.29) is 5.75 Å². The number of nitrogens with two attached hydrogens (primary N) is 1. The Morgan fingerprint density at radius 2 is 1.94 bits per heavy atom. The Balaban J connectivity index is 1.83. The monoisotopic (exact) mass is 515 g/mol. The van der Waals surface area contributed by atoms with Crippen molar-refractivity contribution >= 4 is 26.0 Å². The van der Waals surface area contributed by atoms with Gasteiger partial charge in [0.1, 0.15) is 30.0 Å². The van der Waals surface area contributed by atoms with Crippen molar-refractivity contribution in [2.24, 2.45) is 5.14 Å². The Morgan fingerprint density at radius 1 is 1.12 bits per heavy atom. The van der Waals surface area contributed by atoms with E-state index in [2.05, 4.69) is 15.9 Å². The third kappa shape index (κ3) is 4.82. The molecule has 3 aromatic carbocycles. The van der Waals surface area contributed by atoms with Gasteiger partial charge in [-0.2, -0.15) is 0 Å². The maximum atomic E-state index is 11.7. The Kier molecular flexibility index (Phi) is 6.55. The molecular weight excluding hydrogens is 494 g/mol. The Morgan fingerprint density at radius 3 is 2.69 bits per heavy atom. The number of primary sulfonamides is 1. The van der Waals surface area contributed by atoms with E-state index < -0.39 is 16.1 Å². The molecule has 0 bridgehead atoms. The summed E-state index contributed by atoms with van der Waals surface area (Å²) in [4.78, 5) is 1.74. The first-order valence-corrected chi connectivity index (χ1v) is 12.5. The van der Waals surface area contributed by atoms with E-state index in [0.29, 0.717) is 29.4 Å². The summed E-state index contributed by atoms with van der Waals surface area (Å²) in [6.07, 6.45) is 1.39. The molecule has 2 N–H and O–H groups in total. The van der Waals surface area contributed by atoms with Crippen LogP contribution in [0.1, 0.15) is 22.8 Å². The van der Waals surface area contributed by atoms with E-state index in [1.807, 2.05) is 60.7 Å². The molecule has 1 unspecified atom stereocenters. The van der Waals surface area contributed by atoms with E-state index >= 15 is 0 Å². The number of rotatable bonds is 7. The molecule has 0 amide bonds. The molecule has 166 valence electrons. The van der Waals surface area contributed by atoms with Gasteiger partial charge in [-0.3, -0.25) is 0 Å². The van der Waals surface area contributed by atoms with Crippen LogP contribution in [0.5, 0.6) is 17.2 Å². The molecule has 0 spiro atoms. The second-order valence-electron chi connectivity index (χ2n) is 7.31. The lowest BCUT2D eigenvalue weighted by molar-refractivity contribution is 0.241. The zero-order valence-electron chi connectivity index (χ0n) is 17.3. The molecule has 1 aliphatic rings. The summed E-state index contributed by atoms with van der Waals surface area (Å²) in [6.45, 7) is 0.426. The predicted molar refractivity (Wildman–Crippen MR) is 128 cm³/mol. The number of methoxy groups -OCH3 is 1. The lowest BCUT2D eigenvalue weighted by atomic mass is 9.88. The zero-order chi connectivity index (χ0) is 22.7. The molecule has 3 aromatic rings. The molecule has 4 rings (SSSR count). The lowest BCUT2D eigenvalue weighted by Crippen LogP contribution is -2.18. The molecule has 0 aromatic heterocycles. The fourth-order valence-corrected chi connectivity index (χ4v) is 4.61. The molecule has 1 aliphatic heterocycles. The van der Waals surface area contributed by atoms with Crippen molar-refractivity contribution in [2.75, 3.05) is 13.7 Å². The van der Waals surface area contributed by atoms with E-state index in [4.69, 9.17) is 19.3 Å². The van der Waals surface area contributed by atoms with Crippen molar-refractivity contribution in [3.63, 3.8) is 0 Å². The number of halogens is 1. The minimum atomic E-state index is -3.67. The molecule has 0 fully saturated rings. The second kappa shape index (κ2) is 9.36. The zero-order valence-corrected chi connectivity index (χ0v) is 19.7. The highest BCUT2D eigenvalue weighted by atomic mass is 79.9. The maximum Gasteiger partial charge on any atom is 0.213 e. The molecule has 6 nitrogen and oxygen atoms in total. The van der Waals surface area contributed by atoms with Crippen LogP contribution in [0, 0.1) is 0 Å². The fourth-order valence-electron chi connectivity index (χ4n) is 3.81. The van der Waals surface area contributed by atoms with Gasteiger partial charge in [0.25, 0.3) is 0 Å². The summed E-state index contributed by atoms with van der Waals surface area (Å²) in [5.74, 6) is 1.82. The molecule has 32 heavy (non-hydrogen) atoms. The van der Waals surface area contributed by atoms with Crippen molar-refractivity contribution in [3.8, 4) is 28.4 Å². The summed E-state index contributed by atoms with van der Waals surface area (Å²) < 4.78 is 41.1. The van der Waals surface area contributed by atoms with Crippen LogP contribution in [0.25, 0.3) is 11.1 Å². The maximum absolute atomic E-state index is 11.7. The summed E-state index contributed by atoms with van der Waals surface area (Å²) in [5, 5.41) is 5.28. The van der Waals surface area contributed by atoms with Crippen molar-refractivity contribution in [3.05, 3.63) is 88.4 Å². The topological polar surface area (TPSA) is 87.9 Å². The van der Waals surface area contributed by atoms with Crippen LogP contribution in [0.4, 0.5) is 0 Å². The van der Waals surface area contributed by atoms with Gasteiger partial charge in [-0.1, -0.05) is 52.3 Å². The van der Waals surface area contributed by atoms with Gasteiger partial charge in [0, 0.05) is 11.1 Å². The van der Waals surface area contributed by atoms with Crippen LogP contribution < -0.4 is 19.3 Å². The van der Waals surface area contributed by atoms with E-state index in [1.54, 1.807) is 18.2 Å². The summed E-state index contributed by atoms with van der Waals surface area (Å²) in [7, 11) is -2.06. The largest absolute Gasteiger partial charge is 0.496 e. The third-order valence-electron chi connectivity index (χ3n) is 5.08. The average molecular weight is 516 g/mol. The quantitative estimate of drug-likeness (QED) is 0.482. The highest BCUT2D eigenvalue weighted by molar-refractivity contribution is 9.11. The Bertz CT molecular complexity index is 1270. The first-order valence-electron chi connectivity index (χ1n) is 9.85. The Hall–Kier alpha value is -2.81.